The van der Waals surface area contributed by atoms with Crippen LogP contribution in [0.2, 0.25) is 0 Å². The lowest BCUT2D eigenvalue weighted by atomic mass is 9.99. The van der Waals surface area contributed by atoms with Gasteiger partial charge in [-0.3, -0.25) is 4.79 Å². The highest BCUT2D eigenvalue weighted by molar-refractivity contribution is 8.00. The number of benzene rings is 2. The van der Waals surface area contributed by atoms with Crippen LogP contribution in [0.15, 0.2) is 35.2 Å². The largest absolute Gasteiger partial charge is 0.323 e. The van der Waals surface area contributed by atoms with Gasteiger partial charge in [0.25, 0.3) is 0 Å². The van der Waals surface area contributed by atoms with Crippen molar-refractivity contribution in [1.29, 1.82) is 0 Å². The second-order valence-electron chi connectivity index (χ2n) is 6.10. The SMILES string of the molecule is Cc1ccc(C)c(SCC(=O)Nc2ccc3c(c2F)CCNC3)c1.Cl. The van der Waals surface area contributed by atoms with Crippen molar-refractivity contribution in [3.05, 3.63) is 58.4 Å². The fourth-order valence-electron chi connectivity index (χ4n) is 2.82. The lowest BCUT2D eigenvalue weighted by Crippen LogP contribution is -2.25. The Kier molecular flexibility index (Phi) is 6.87. The van der Waals surface area contributed by atoms with Crippen molar-refractivity contribution < 1.29 is 9.18 Å². The molecular weight excluding hydrogens is 359 g/mol. The van der Waals surface area contributed by atoms with Crippen LogP contribution in [-0.2, 0) is 17.8 Å². The molecule has 3 rings (SSSR count). The highest BCUT2D eigenvalue weighted by Gasteiger charge is 2.17. The van der Waals surface area contributed by atoms with Gasteiger partial charge in [-0.2, -0.15) is 0 Å². The summed E-state index contributed by atoms with van der Waals surface area (Å²) in [5.41, 5.74) is 4.28. The maximum absolute atomic E-state index is 14.5. The summed E-state index contributed by atoms with van der Waals surface area (Å²) in [4.78, 5) is 13.3. The van der Waals surface area contributed by atoms with E-state index in [4.69, 9.17) is 0 Å². The van der Waals surface area contributed by atoms with Crippen molar-refractivity contribution in [1.82, 2.24) is 5.32 Å². The number of hydrogen-bond donors (Lipinski definition) is 2. The molecule has 0 fully saturated rings. The van der Waals surface area contributed by atoms with Gasteiger partial charge in [-0.15, -0.1) is 24.2 Å². The summed E-state index contributed by atoms with van der Waals surface area (Å²) in [5, 5.41) is 5.93. The molecule has 0 atom stereocenters. The first kappa shape index (κ1) is 19.8. The lowest BCUT2D eigenvalue weighted by Gasteiger charge is -2.19. The van der Waals surface area contributed by atoms with E-state index in [-0.39, 0.29) is 35.6 Å². The summed E-state index contributed by atoms with van der Waals surface area (Å²) in [6.45, 7) is 5.50. The number of anilines is 1. The van der Waals surface area contributed by atoms with Crippen LogP contribution in [0.5, 0.6) is 0 Å². The van der Waals surface area contributed by atoms with Crippen LogP contribution in [0.25, 0.3) is 0 Å². The predicted octanol–water partition coefficient (Wildman–Crippen LogP) is 4.24. The second kappa shape index (κ2) is 8.70. The molecule has 134 valence electrons. The van der Waals surface area contributed by atoms with Gasteiger partial charge in [0.1, 0.15) is 5.82 Å². The summed E-state index contributed by atoms with van der Waals surface area (Å²) >= 11 is 1.48. The van der Waals surface area contributed by atoms with E-state index in [0.29, 0.717) is 18.5 Å². The molecule has 2 aromatic carbocycles. The predicted molar refractivity (Wildman–Crippen MR) is 104 cm³/mol. The first-order valence-electron chi connectivity index (χ1n) is 8.05. The smallest absolute Gasteiger partial charge is 0.234 e. The van der Waals surface area contributed by atoms with Crippen molar-refractivity contribution >= 4 is 35.8 Å². The van der Waals surface area contributed by atoms with Gasteiger partial charge < -0.3 is 10.6 Å². The van der Waals surface area contributed by atoms with Crippen LogP contribution in [0.3, 0.4) is 0 Å². The normalized spacial score (nSPS) is 12.9. The number of hydrogen-bond acceptors (Lipinski definition) is 3. The van der Waals surface area contributed by atoms with E-state index >= 15 is 0 Å². The van der Waals surface area contributed by atoms with Gasteiger partial charge in [0.05, 0.1) is 11.4 Å². The minimum atomic E-state index is -0.293. The number of aryl methyl sites for hydroxylation is 2. The van der Waals surface area contributed by atoms with Crippen LogP contribution in [0.4, 0.5) is 10.1 Å². The Morgan fingerprint density at radius 2 is 2.08 bits per heavy atom. The monoisotopic (exact) mass is 380 g/mol. The first-order valence-corrected chi connectivity index (χ1v) is 9.04. The Balaban J connectivity index is 0.00000225. The van der Waals surface area contributed by atoms with Crippen molar-refractivity contribution in [2.24, 2.45) is 0 Å². The molecule has 2 N–H and O–H groups in total. The van der Waals surface area contributed by atoms with Crippen LogP contribution in [-0.4, -0.2) is 18.2 Å². The number of carbonyl (C=O) groups excluding carboxylic acids is 1. The van der Waals surface area contributed by atoms with Crippen LogP contribution < -0.4 is 10.6 Å². The zero-order valence-electron chi connectivity index (χ0n) is 14.3. The lowest BCUT2D eigenvalue weighted by molar-refractivity contribution is -0.113. The molecule has 1 aliphatic heterocycles. The summed E-state index contributed by atoms with van der Waals surface area (Å²) < 4.78 is 14.5. The molecule has 1 amide bonds. The van der Waals surface area contributed by atoms with E-state index in [2.05, 4.69) is 22.8 Å². The fourth-order valence-corrected chi connectivity index (χ4v) is 3.75. The number of halogens is 2. The highest BCUT2D eigenvalue weighted by atomic mass is 35.5. The second-order valence-corrected chi connectivity index (χ2v) is 7.11. The van der Waals surface area contributed by atoms with Crippen LogP contribution >= 0.6 is 24.2 Å². The van der Waals surface area contributed by atoms with Crippen molar-refractivity contribution in [3.63, 3.8) is 0 Å². The minimum absolute atomic E-state index is 0. The number of fused-ring (bicyclic) bond motifs is 1. The van der Waals surface area contributed by atoms with Crippen LogP contribution in [0, 0.1) is 19.7 Å². The molecule has 1 aliphatic rings. The minimum Gasteiger partial charge on any atom is -0.323 e. The summed E-state index contributed by atoms with van der Waals surface area (Å²) in [6.07, 6.45) is 0.655. The van der Waals surface area contributed by atoms with Crippen molar-refractivity contribution in [2.45, 2.75) is 31.7 Å². The topological polar surface area (TPSA) is 41.1 Å². The van der Waals surface area contributed by atoms with E-state index in [1.807, 2.05) is 26.0 Å². The van der Waals surface area contributed by atoms with Gasteiger partial charge in [0.15, 0.2) is 0 Å². The average molecular weight is 381 g/mol. The van der Waals surface area contributed by atoms with Gasteiger partial charge in [0.2, 0.25) is 5.91 Å². The van der Waals surface area contributed by atoms with E-state index in [1.54, 1.807) is 6.07 Å². The van der Waals surface area contributed by atoms with E-state index in [1.165, 1.54) is 11.8 Å². The van der Waals surface area contributed by atoms with Gasteiger partial charge >= 0.3 is 0 Å². The summed E-state index contributed by atoms with van der Waals surface area (Å²) in [7, 11) is 0. The number of amides is 1. The Labute approximate surface area is 158 Å². The molecule has 2 aromatic rings. The van der Waals surface area contributed by atoms with Crippen molar-refractivity contribution in [2.75, 3.05) is 17.6 Å². The molecular formula is C19H22ClFN2OS. The molecule has 6 heteroatoms. The standard InChI is InChI=1S/C19H21FN2OS.ClH/c1-12-3-4-13(2)17(9-12)24-11-18(23)22-16-6-5-14-10-21-8-7-15(14)19(16)20;/h3-6,9,21H,7-8,10-11H2,1-2H3,(H,22,23);1H. The average Bonchev–Trinajstić information content (AvgIpc) is 2.58. The first-order chi connectivity index (χ1) is 11.5. The molecule has 0 bridgehead atoms. The third-order valence-corrected chi connectivity index (χ3v) is 5.34. The molecule has 1 heterocycles. The fraction of sp³-hybridized carbons (Fsp3) is 0.316. The van der Waals surface area contributed by atoms with Crippen LogP contribution in [0.1, 0.15) is 22.3 Å². The zero-order chi connectivity index (χ0) is 17.1. The molecule has 3 nitrogen and oxygen atoms in total. The number of thioether (sulfide) groups is 1. The Morgan fingerprint density at radius 1 is 1.28 bits per heavy atom. The summed E-state index contributed by atoms with van der Waals surface area (Å²) in [6, 6.07) is 9.71. The number of rotatable bonds is 4. The zero-order valence-corrected chi connectivity index (χ0v) is 16.0. The quantitative estimate of drug-likeness (QED) is 0.779. The molecule has 25 heavy (non-hydrogen) atoms. The van der Waals surface area contributed by atoms with E-state index in [0.717, 1.165) is 28.1 Å². The molecule has 0 saturated carbocycles. The molecule has 0 spiro atoms. The third-order valence-electron chi connectivity index (χ3n) is 4.18. The molecule has 0 radical (unpaired) electrons. The molecule has 0 saturated heterocycles. The maximum atomic E-state index is 14.5. The number of carbonyl (C=O) groups is 1. The molecule has 0 aliphatic carbocycles. The summed E-state index contributed by atoms with van der Waals surface area (Å²) in [5.74, 6) is -0.213. The Hall–Kier alpha value is -1.56. The maximum Gasteiger partial charge on any atom is 0.234 e. The molecule has 0 unspecified atom stereocenters. The van der Waals surface area contributed by atoms with Gasteiger partial charge in [-0.25, -0.2) is 4.39 Å². The Morgan fingerprint density at radius 3 is 2.88 bits per heavy atom. The van der Waals surface area contributed by atoms with Gasteiger partial charge in [-0.05, 0) is 55.6 Å². The van der Waals surface area contributed by atoms with E-state index < -0.39 is 0 Å². The third kappa shape index (κ3) is 4.75. The van der Waals surface area contributed by atoms with Crippen molar-refractivity contribution in [3.8, 4) is 0 Å². The van der Waals surface area contributed by atoms with Gasteiger partial charge in [-0.1, -0.05) is 23.8 Å². The Bertz CT molecular complexity index is 782. The van der Waals surface area contributed by atoms with E-state index in [9.17, 15) is 9.18 Å². The molecule has 0 aromatic heterocycles. The highest BCUT2D eigenvalue weighted by Crippen LogP contribution is 2.26. The number of nitrogens with one attached hydrogen (secondary N) is 2. The van der Waals surface area contributed by atoms with Gasteiger partial charge in [0, 0.05) is 11.4 Å².